The van der Waals surface area contributed by atoms with Crippen molar-refractivity contribution in [2.45, 2.75) is 32.5 Å². The van der Waals surface area contributed by atoms with Crippen LogP contribution in [0.25, 0.3) is 0 Å². The summed E-state index contributed by atoms with van der Waals surface area (Å²) >= 11 is 0. The molecule has 2 N–H and O–H groups in total. The van der Waals surface area contributed by atoms with Gasteiger partial charge in [0.15, 0.2) is 5.82 Å². The molecule has 1 aromatic carbocycles. The van der Waals surface area contributed by atoms with E-state index in [1.807, 2.05) is 12.1 Å². The summed E-state index contributed by atoms with van der Waals surface area (Å²) in [5.41, 5.74) is 1.61. The van der Waals surface area contributed by atoms with Crippen LogP contribution in [0.15, 0.2) is 48.8 Å². The Labute approximate surface area is 200 Å². The zero-order valence-corrected chi connectivity index (χ0v) is 20.0. The molecule has 0 unspecified atom stereocenters. The van der Waals surface area contributed by atoms with Gasteiger partial charge in [-0.05, 0) is 39.0 Å². The van der Waals surface area contributed by atoms with E-state index in [-0.39, 0.29) is 6.10 Å². The van der Waals surface area contributed by atoms with Gasteiger partial charge in [0.1, 0.15) is 17.2 Å². The highest BCUT2D eigenvalue weighted by atomic mass is 16.5. The Morgan fingerprint density at radius 3 is 2.44 bits per heavy atom. The summed E-state index contributed by atoms with van der Waals surface area (Å²) in [4.78, 5) is 23.2. The zero-order valence-electron chi connectivity index (χ0n) is 20.0. The van der Waals surface area contributed by atoms with Gasteiger partial charge in [-0.25, -0.2) is 19.9 Å². The van der Waals surface area contributed by atoms with Crippen molar-refractivity contribution < 1.29 is 4.74 Å². The molecular weight excluding hydrogens is 428 g/mol. The van der Waals surface area contributed by atoms with Crippen molar-refractivity contribution >= 4 is 23.3 Å². The van der Waals surface area contributed by atoms with Crippen LogP contribution in [0.2, 0.25) is 0 Å². The molecule has 2 fully saturated rings. The van der Waals surface area contributed by atoms with E-state index >= 15 is 0 Å². The van der Waals surface area contributed by atoms with Gasteiger partial charge in [0.2, 0.25) is 5.95 Å². The van der Waals surface area contributed by atoms with E-state index < -0.39 is 5.60 Å². The lowest BCUT2D eigenvalue weighted by atomic mass is 10.0. The molecule has 5 rings (SSSR count). The third-order valence-electron chi connectivity index (χ3n) is 6.30. The lowest BCUT2D eigenvalue weighted by molar-refractivity contribution is -0.107. The molecule has 2 saturated heterocycles. The molecule has 178 valence electrons. The first-order chi connectivity index (χ1) is 16.5. The number of hydrogen-bond acceptors (Lipinski definition) is 9. The first-order valence-corrected chi connectivity index (χ1v) is 11.9. The van der Waals surface area contributed by atoms with Crippen LogP contribution >= 0.6 is 0 Å². The molecule has 0 saturated carbocycles. The third-order valence-corrected chi connectivity index (χ3v) is 6.30. The van der Waals surface area contributed by atoms with E-state index in [1.54, 1.807) is 12.4 Å². The lowest BCUT2D eigenvalue weighted by Crippen LogP contribution is -2.50. The summed E-state index contributed by atoms with van der Waals surface area (Å²) in [6, 6.07) is 12.2. The summed E-state index contributed by atoms with van der Waals surface area (Å²) in [6.45, 7) is 11.0. The second-order valence-electron chi connectivity index (χ2n) is 9.24. The fourth-order valence-electron chi connectivity index (χ4n) is 4.44. The number of ether oxygens (including phenoxy) is 1. The van der Waals surface area contributed by atoms with Crippen molar-refractivity contribution in [3.63, 3.8) is 0 Å². The Hall–Kier alpha value is -3.30. The van der Waals surface area contributed by atoms with Crippen molar-refractivity contribution in [2.75, 3.05) is 54.4 Å². The Balaban J connectivity index is 1.42. The molecule has 34 heavy (non-hydrogen) atoms. The minimum Gasteiger partial charge on any atom is -0.362 e. The van der Waals surface area contributed by atoms with Crippen molar-refractivity contribution in [1.29, 1.82) is 0 Å². The van der Waals surface area contributed by atoms with Crippen LogP contribution in [0.5, 0.6) is 0 Å². The first-order valence-electron chi connectivity index (χ1n) is 11.9. The van der Waals surface area contributed by atoms with Gasteiger partial charge >= 0.3 is 0 Å². The number of piperazine rings is 1. The quantitative estimate of drug-likeness (QED) is 0.596. The highest BCUT2D eigenvalue weighted by molar-refractivity contribution is 5.60. The second kappa shape index (κ2) is 9.52. The number of rotatable bonds is 5. The second-order valence-corrected chi connectivity index (χ2v) is 9.24. The van der Waals surface area contributed by atoms with E-state index in [9.17, 15) is 0 Å². The van der Waals surface area contributed by atoms with Crippen LogP contribution in [0.4, 0.5) is 23.3 Å². The Kier molecular flexibility index (Phi) is 6.30. The average Bonchev–Trinajstić information content (AvgIpc) is 2.86. The minimum absolute atomic E-state index is 0.0916. The van der Waals surface area contributed by atoms with E-state index in [0.29, 0.717) is 12.4 Å². The molecule has 3 aromatic rings. The lowest BCUT2D eigenvalue weighted by Gasteiger charge is -2.38. The minimum atomic E-state index is -0.600. The molecule has 2 atom stereocenters. The number of benzene rings is 1. The van der Waals surface area contributed by atoms with E-state index in [4.69, 9.17) is 14.7 Å². The van der Waals surface area contributed by atoms with Crippen molar-refractivity contribution in [3.05, 3.63) is 60.2 Å². The van der Waals surface area contributed by atoms with Gasteiger partial charge in [-0.1, -0.05) is 17.7 Å². The van der Waals surface area contributed by atoms with Crippen LogP contribution in [0.3, 0.4) is 0 Å². The molecule has 4 heterocycles. The predicted molar refractivity (Wildman–Crippen MR) is 134 cm³/mol. The van der Waals surface area contributed by atoms with Crippen LogP contribution in [0.1, 0.15) is 25.2 Å². The van der Waals surface area contributed by atoms with E-state index in [1.165, 1.54) is 5.56 Å². The first kappa shape index (κ1) is 22.5. The topological polar surface area (TPSA) is 91.3 Å². The van der Waals surface area contributed by atoms with Gasteiger partial charge in [-0.15, -0.1) is 0 Å². The zero-order chi connectivity index (χ0) is 23.5. The highest BCUT2D eigenvalue weighted by Gasteiger charge is 2.37. The van der Waals surface area contributed by atoms with Crippen molar-refractivity contribution in [2.24, 2.45) is 0 Å². The monoisotopic (exact) mass is 460 g/mol. The maximum absolute atomic E-state index is 6.34. The van der Waals surface area contributed by atoms with Crippen molar-refractivity contribution in [1.82, 2.24) is 25.3 Å². The number of hydrogen-bond donors (Lipinski definition) is 2. The van der Waals surface area contributed by atoms with E-state index in [2.05, 4.69) is 75.4 Å². The third kappa shape index (κ3) is 4.95. The molecule has 2 aromatic heterocycles. The standard InChI is InChI=1S/C25H32N8O/c1-18-5-7-20(8-6-18)29-21-15-22(31-23(30-21)25(3)17-26-16-19(2)34-25)32-11-13-33(14-12-32)24-27-9-4-10-28-24/h4-10,15,19,26H,11-14,16-17H2,1-3H3,(H,29,30,31)/t19-,25-/m1/s1. The average molecular weight is 461 g/mol. The number of aromatic nitrogens is 4. The van der Waals surface area contributed by atoms with Gasteiger partial charge < -0.3 is 25.2 Å². The van der Waals surface area contributed by atoms with Crippen LogP contribution in [-0.4, -0.2) is 65.3 Å². The number of aryl methyl sites for hydroxylation is 1. The molecule has 0 aliphatic carbocycles. The summed E-state index contributed by atoms with van der Waals surface area (Å²) < 4.78 is 6.34. The fraction of sp³-hybridized carbons (Fsp3) is 0.440. The maximum Gasteiger partial charge on any atom is 0.225 e. The van der Waals surface area contributed by atoms with Crippen molar-refractivity contribution in [3.8, 4) is 0 Å². The number of anilines is 4. The van der Waals surface area contributed by atoms with Gasteiger partial charge in [-0.2, -0.15) is 0 Å². The SMILES string of the molecule is Cc1ccc(Nc2cc(N3CCN(c4ncccn4)CC3)nc([C@@]3(C)CNC[C@@H](C)O3)n2)cc1. The molecule has 9 nitrogen and oxygen atoms in total. The fourth-order valence-corrected chi connectivity index (χ4v) is 4.44. The summed E-state index contributed by atoms with van der Waals surface area (Å²) in [5, 5.41) is 6.93. The van der Waals surface area contributed by atoms with Gasteiger partial charge in [0.25, 0.3) is 0 Å². The highest BCUT2D eigenvalue weighted by Crippen LogP contribution is 2.30. The smallest absolute Gasteiger partial charge is 0.225 e. The number of nitrogens with zero attached hydrogens (tertiary/aromatic N) is 6. The molecule has 0 radical (unpaired) electrons. The molecule has 0 spiro atoms. The van der Waals surface area contributed by atoms with Crippen LogP contribution in [0, 0.1) is 6.92 Å². The van der Waals surface area contributed by atoms with E-state index in [0.717, 1.165) is 56.0 Å². The largest absolute Gasteiger partial charge is 0.362 e. The van der Waals surface area contributed by atoms with Gasteiger partial charge in [0.05, 0.1) is 6.10 Å². The summed E-state index contributed by atoms with van der Waals surface area (Å²) in [7, 11) is 0. The molecule has 2 aliphatic heterocycles. The molecular formula is C25H32N8O. The molecule has 2 aliphatic rings. The summed E-state index contributed by atoms with van der Waals surface area (Å²) in [5.74, 6) is 3.12. The van der Waals surface area contributed by atoms with Crippen LogP contribution < -0.4 is 20.4 Å². The van der Waals surface area contributed by atoms with Gasteiger partial charge in [-0.3, -0.25) is 0 Å². The molecule has 0 amide bonds. The normalized spacial score (nSPS) is 23.1. The Bertz CT molecular complexity index is 1100. The number of morpholine rings is 1. The predicted octanol–water partition coefficient (Wildman–Crippen LogP) is 2.87. The Morgan fingerprint density at radius 2 is 1.74 bits per heavy atom. The summed E-state index contributed by atoms with van der Waals surface area (Å²) in [6.07, 6.45) is 3.66. The van der Waals surface area contributed by atoms with Crippen LogP contribution in [-0.2, 0) is 10.3 Å². The number of nitrogens with one attached hydrogen (secondary N) is 2. The molecule has 0 bridgehead atoms. The van der Waals surface area contributed by atoms with Gasteiger partial charge in [0, 0.05) is 63.4 Å². The maximum atomic E-state index is 6.34. The Morgan fingerprint density at radius 1 is 1.03 bits per heavy atom. The molecule has 9 heteroatoms.